The van der Waals surface area contributed by atoms with E-state index in [2.05, 4.69) is 20.6 Å². The molecule has 174 valence electrons. The van der Waals surface area contributed by atoms with Crippen molar-refractivity contribution >= 4 is 11.8 Å². The van der Waals surface area contributed by atoms with Crippen molar-refractivity contribution in [2.24, 2.45) is 0 Å². The summed E-state index contributed by atoms with van der Waals surface area (Å²) in [6.07, 6.45) is -2.91. The highest BCUT2D eigenvalue weighted by Gasteiger charge is 2.51. The van der Waals surface area contributed by atoms with Gasteiger partial charge in [0.15, 0.2) is 5.75 Å². The van der Waals surface area contributed by atoms with Gasteiger partial charge in [-0.1, -0.05) is 6.07 Å². The van der Waals surface area contributed by atoms with Crippen LogP contribution in [0, 0.1) is 11.3 Å². The first kappa shape index (κ1) is 23.9. The summed E-state index contributed by atoms with van der Waals surface area (Å²) in [5.74, 6) is -1.33. The van der Waals surface area contributed by atoms with Crippen molar-refractivity contribution in [2.75, 3.05) is 0 Å². The molecular weight excluding hydrogens is 443 g/mol. The fourth-order valence-corrected chi connectivity index (χ4v) is 2.98. The number of alkyl halides is 3. The van der Waals surface area contributed by atoms with Crippen molar-refractivity contribution in [2.45, 2.75) is 50.6 Å². The Morgan fingerprint density at radius 2 is 1.97 bits per heavy atom. The zero-order valence-electron chi connectivity index (χ0n) is 17.4. The molecule has 1 fully saturated rings. The zero-order valence-corrected chi connectivity index (χ0v) is 17.4. The van der Waals surface area contributed by atoms with Crippen LogP contribution in [-0.2, 0) is 22.3 Å². The van der Waals surface area contributed by atoms with Crippen LogP contribution in [0.5, 0.6) is 11.5 Å². The molecule has 12 heteroatoms. The second-order valence-corrected chi connectivity index (χ2v) is 7.51. The molecule has 0 radical (unpaired) electrons. The average molecular weight is 463 g/mol. The molecule has 0 spiro atoms. The minimum absolute atomic E-state index is 0.0530. The maximum absolute atomic E-state index is 13.4. The van der Waals surface area contributed by atoms with Gasteiger partial charge in [-0.2, -0.15) is 18.4 Å². The normalized spacial score (nSPS) is 15.2. The second kappa shape index (κ2) is 9.41. The molecule has 1 heterocycles. The number of carbonyl (C=O) groups is 2. The topological polar surface area (TPSA) is 137 Å². The van der Waals surface area contributed by atoms with E-state index in [9.17, 15) is 27.9 Å². The van der Waals surface area contributed by atoms with Crippen molar-refractivity contribution in [3.05, 3.63) is 47.5 Å². The lowest BCUT2D eigenvalue weighted by Gasteiger charge is -2.17. The summed E-state index contributed by atoms with van der Waals surface area (Å²) in [5.41, 5.74) is -2.00. The number of hydrogen-bond acceptors (Lipinski definition) is 7. The van der Waals surface area contributed by atoms with E-state index < -0.39 is 40.9 Å². The first-order chi connectivity index (χ1) is 15.5. The van der Waals surface area contributed by atoms with Gasteiger partial charge in [0.2, 0.25) is 11.8 Å². The zero-order chi connectivity index (χ0) is 24.2. The van der Waals surface area contributed by atoms with Gasteiger partial charge in [0.25, 0.3) is 0 Å². The maximum Gasteiger partial charge on any atom is 0.419 e. The van der Waals surface area contributed by atoms with Gasteiger partial charge in [0.1, 0.15) is 23.5 Å². The fourth-order valence-electron chi connectivity index (χ4n) is 2.98. The molecule has 1 aromatic heterocycles. The maximum atomic E-state index is 13.4. The number of halogens is 3. The van der Waals surface area contributed by atoms with Crippen LogP contribution in [0.3, 0.4) is 0 Å². The van der Waals surface area contributed by atoms with E-state index in [1.165, 1.54) is 25.4 Å². The lowest BCUT2D eigenvalue weighted by molar-refractivity contribution is -0.138. The number of benzene rings is 1. The third kappa shape index (κ3) is 5.95. The third-order valence-electron chi connectivity index (χ3n) is 4.91. The number of ether oxygens (including phenoxy) is 1. The predicted octanol–water partition coefficient (Wildman–Crippen LogP) is 2.52. The highest BCUT2D eigenvalue weighted by molar-refractivity contribution is 5.94. The molecule has 0 saturated heterocycles. The number of aliphatic hydroxyl groups is 1. The number of hydrogen-bond donors (Lipinski definition) is 3. The number of carbonyl (C=O) groups excluding carboxylic acids is 2. The van der Waals surface area contributed by atoms with Gasteiger partial charge < -0.3 is 20.5 Å². The van der Waals surface area contributed by atoms with Gasteiger partial charge in [0, 0.05) is 0 Å². The SMILES string of the molecule is CC(O)c1ccc(Oc2cnc(CNC(=O)C3(NC(=O)CC#N)CC3)nc2)c(C(F)(F)F)c1. The van der Waals surface area contributed by atoms with Crippen LogP contribution < -0.4 is 15.4 Å². The molecule has 1 aliphatic carbocycles. The van der Waals surface area contributed by atoms with Crippen molar-refractivity contribution in [1.82, 2.24) is 20.6 Å². The average Bonchev–Trinajstić information content (AvgIpc) is 3.53. The summed E-state index contributed by atoms with van der Waals surface area (Å²) in [6, 6.07) is 4.95. The number of rotatable bonds is 8. The van der Waals surface area contributed by atoms with E-state index in [0.29, 0.717) is 12.8 Å². The lowest BCUT2D eigenvalue weighted by atomic mass is 10.1. The highest BCUT2D eigenvalue weighted by atomic mass is 19.4. The van der Waals surface area contributed by atoms with Crippen molar-refractivity contribution < 1.29 is 32.6 Å². The monoisotopic (exact) mass is 463 g/mol. The standard InChI is InChI=1S/C21H20F3N5O4/c1-12(30)13-2-3-16(15(8-13)21(22,23)24)33-14-9-26-17(27-10-14)11-28-19(32)20(5-6-20)29-18(31)4-7-25/h2-3,8-10,12,30H,4-6,11H2,1H3,(H,28,32)(H,29,31). The van der Waals surface area contributed by atoms with Gasteiger partial charge in [-0.15, -0.1) is 0 Å². The molecule has 0 bridgehead atoms. The first-order valence-corrected chi connectivity index (χ1v) is 9.88. The number of aromatic nitrogens is 2. The Labute approximate surface area is 186 Å². The molecule has 33 heavy (non-hydrogen) atoms. The summed E-state index contributed by atoms with van der Waals surface area (Å²) in [4.78, 5) is 31.9. The molecule has 3 N–H and O–H groups in total. The summed E-state index contributed by atoms with van der Waals surface area (Å²) in [6.45, 7) is 1.28. The summed E-state index contributed by atoms with van der Waals surface area (Å²) in [7, 11) is 0. The van der Waals surface area contributed by atoms with Gasteiger partial charge in [-0.3, -0.25) is 9.59 Å². The van der Waals surface area contributed by atoms with Crippen LogP contribution in [-0.4, -0.2) is 32.4 Å². The van der Waals surface area contributed by atoms with E-state index in [1.54, 1.807) is 6.07 Å². The van der Waals surface area contributed by atoms with Crippen molar-refractivity contribution in [3.8, 4) is 17.6 Å². The molecule has 1 saturated carbocycles. The van der Waals surface area contributed by atoms with Crippen LogP contribution in [0.2, 0.25) is 0 Å². The van der Waals surface area contributed by atoms with Crippen LogP contribution in [0.25, 0.3) is 0 Å². The molecule has 9 nitrogen and oxygen atoms in total. The van der Waals surface area contributed by atoms with E-state index in [0.717, 1.165) is 12.1 Å². The lowest BCUT2D eigenvalue weighted by Crippen LogP contribution is -2.48. The van der Waals surface area contributed by atoms with Crippen LogP contribution in [0.15, 0.2) is 30.6 Å². The number of nitriles is 1. The Balaban J connectivity index is 1.63. The molecule has 2 aromatic rings. The number of amides is 2. The summed E-state index contributed by atoms with van der Waals surface area (Å²) >= 11 is 0. The minimum atomic E-state index is -4.70. The van der Waals surface area contributed by atoms with Gasteiger partial charge in [-0.25, -0.2) is 9.97 Å². The predicted molar refractivity (Wildman–Crippen MR) is 106 cm³/mol. The third-order valence-corrected chi connectivity index (χ3v) is 4.91. The fraction of sp³-hybridized carbons (Fsp3) is 0.381. The van der Waals surface area contributed by atoms with Crippen LogP contribution in [0.1, 0.15) is 49.2 Å². The number of nitrogens with zero attached hydrogens (tertiary/aromatic N) is 3. The van der Waals surface area contributed by atoms with Gasteiger partial charge in [-0.05, 0) is 37.5 Å². The van der Waals surface area contributed by atoms with E-state index in [4.69, 9.17) is 10.00 Å². The number of nitrogens with one attached hydrogen (secondary N) is 2. The van der Waals surface area contributed by atoms with E-state index in [1.807, 2.05) is 0 Å². The minimum Gasteiger partial charge on any atom is -0.453 e. The highest BCUT2D eigenvalue weighted by Crippen LogP contribution is 2.39. The Morgan fingerprint density at radius 3 is 2.52 bits per heavy atom. The molecule has 3 rings (SSSR count). The second-order valence-electron chi connectivity index (χ2n) is 7.51. The Bertz CT molecular complexity index is 1080. The summed E-state index contributed by atoms with van der Waals surface area (Å²) in [5, 5.41) is 23.2. The van der Waals surface area contributed by atoms with Crippen molar-refractivity contribution in [3.63, 3.8) is 0 Å². The Kier molecular flexibility index (Phi) is 6.83. The van der Waals surface area contributed by atoms with Gasteiger partial charge in [0.05, 0.1) is 36.7 Å². The Morgan fingerprint density at radius 1 is 1.30 bits per heavy atom. The summed E-state index contributed by atoms with van der Waals surface area (Å²) < 4.78 is 45.4. The quantitative estimate of drug-likeness (QED) is 0.547. The van der Waals surface area contributed by atoms with Crippen molar-refractivity contribution in [1.29, 1.82) is 5.26 Å². The first-order valence-electron chi connectivity index (χ1n) is 9.88. The van der Waals surface area contributed by atoms with E-state index in [-0.39, 0.29) is 30.1 Å². The molecular formula is C21H20F3N5O4. The molecule has 1 aromatic carbocycles. The Hall–Kier alpha value is -3.72. The molecule has 0 aliphatic heterocycles. The van der Waals surface area contributed by atoms with Gasteiger partial charge >= 0.3 is 6.18 Å². The molecule has 1 unspecified atom stereocenters. The molecule has 2 amide bonds. The van der Waals surface area contributed by atoms with Crippen LogP contribution in [0.4, 0.5) is 13.2 Å². The smallest absolute Gasteiger partial charge is 0.419 e. The largest absolute Gasteiger partial charge is 0.453 e. The molecule has 1 atom stereocenters. The van der Waals surface area contributed by atoms with Crippen LogP contribution >= 0.6 is 0 Å². The molecule has 1 aliphatic rings. The number of aliphatic hydroxyl groups excluding tert-OH is 1. The van der Waals surface area contributed by atoms with E-state index >= 15 is 0 Å².